The molecule has 0 saturated heterocycles. The molecule has 0 atom stereocenters. The molecule has 2 rings (SSSR count). The van der Waals surface area contributed by atoms with Crippen LogP contribution in [0.15, 0.2) is 39.5 Å². The molecule has 0 fully saturated rings. The Labute approximate surface area is 104 Å². The lowest BCUT2D eigenvalue weighted by Crippen LogP contribution is -1.96. The number of fused-ring (bicyclic) bond motifs is 1. The first-order chi connectivity index (χ1) is 8.54. The molecule has 0 amide bonds. The van der Waals surface area contributed by atoms with Crippen molar-refractivity contribution in [3.8, 4) is 5.75 Å². The van der Waals surface area contributed by atoms with Crippen molar-refractivity contribution in [2.75, 3.05) is 6.61 Å². The van der Waals surface area contributed by atoms with E-state index in [0.717, 1.165) is 5.39 Å². The van der Waals surface area contributed by atoms with Crippen molar-refractivity contribution in [3.63, 3.8) is 0 Å². The predicted molar refractivity (Wildman–Crippen MR) is 66.5 cm³/mol. The molecule has 1 aromatic heterocycles. The third kappa shape index (κ3) is 3.93. The first-order valence-electron chi connectivity index (χ1n) is 5.39. The first kappa shape index (κ1) is 13.8. The Morgan fingerprint density at radius 3 is 2.61 bits per heavy atom. The van der Waals surface area contributed by atoms with E-state index in [1.165, 1.54) is 13.0 Å². The fourth-order valence-electron chi connectivity index (χ4n) is 1.25. The van der Waals surface area contributed by atoms with Crippen LogP contribution in [0.25, 0.3) is 11.0 Å². The van der Waals surface area contributed by atoms with Crippen LogP contribution in [0.4, 0.5) is 0 Å². The molecule has 0 aliphatic heterocycles. The first-order valence-corrected chi connectivity index (χ1v) is 5.39. The second-order valence-corrected chi connectivity index (χ2v) is 3.38. The van der Waals surface area contributed by atoms with Crippen LogP contribution in [0.5, 0.6) is 5.75 Å². The summed E-state index contributed by atoms with van der Waals surface area (Å²) in [4.78, 5) is 20.6. The topological polar surface area (TPSA) is 76.7 Å². The Hall–Kier alpha value is -2.30. The summed E-state index contributed by atoms with van der Waals surface area (Å²) in [5.74, 6) is -0.564. The van der Waals surface area contributed by atoms with Crippen molar-refractivity contribution >= 4 is 16.9 Å². The van der Waals surface area contributed by atoms with Crippen LogP contribution in [0.1, 0.15) is 13.8 Å². The highest BCUT2D eigenvalue weighted by Crippen LogP contribution is 2.14. The van der Waals surface area contributed by atoms with Crippen LogP contribution < -0.4 is 5.63 Å². The molecule has 5 heteroatoms. The summed E-state index contributed by atoms with van der Waals surface area (Å²) in [5.41, 5.74) is -0.214. The molecule has 0 unspecified atom stereocenters. The lowest BCUT2D eigenvalue weighted by molar-refractivity contribution is -0.140. The predicted octanol–water partition coefficient (Wildman–Crippen LogP) is 2.07. The number of ether oxygens (including phenoxy) is 1. The van der Waals surface area contributed by atoms with Gasteiger partial charge >= 0.3 is 11.6 Å². The van der Waals surface area contributed by atoms with Crippen LogP contribution in [-0.4, -0.2) is 17.7 Å². The van der Waals surface area contributed by atoms with Gasteiger partial charge in [0.1, 0.15) is 5.58 Å². The molecule has 2 aromatic rings. The highest BCUT2D eigenvalue weighted by atomic mass is 16.5. The van der Waals surface area contributed by atoms with Crippen molar-refractivity contribution < 1.29 is 19.1 Å². The van der Waals surface area contributed by atoms with E-state index in [9.17, 15) is 9.59 Å². The number of hydrogen-bond acceptors (Lipinski definition) is 5. The standard InChI is InChI=1S/C9H6O3.C4H8O2/c10-7-5-6-3-1-2-4-8(6)12-9(7)11;1-3-6-4(2)5/h1-5,10H;3H2,1-2H3. The Balaban J connectivity index is 0.000000232. The molecule has 96 valence electrons. The summed E-state index contributed by atoms with van der Waals surface area (Å²) in [5, 5.41) is 9.73. The summed E-state index contributed by atoms with van der Waals surface area (Å²) >= 11 is 0. The van der Waals surface area contributed by atoms with Gasteiger partial charge in [0.25, 0.3) is 0 Å². The van der Waals surface area contributed by atoms with Crippen LogP contribution >= 0.6 is 0 Å². The Morgan fingerprint density at radius 2 is 2.06 bits per heavy atom. The van der Waals surface area contributed by atoms with E-state index in [-0.39, 0.29) is 11.7 Å². The van der Waals surface area contributed by atoms with Gasteiger partial charge in [-0.2, -0.15) is 0 Å². The molecular formula is C13H14O5. The van der Waals surface area contributed by atoms with Gasteiger partial charge in [0.05, 0.1) is 6.61 Å². The number of hydrogen-bond donors (Lipinski definition) is 1. The van der Waals surface area contributed by atoms with Gasteiger partial charge in [-0.25, -0.2) is 4.79 Å². The minimum absolute atomic E-state index is 0.211. The molecule has 5 nitrogen and oxygen atoms in total. The minimum atomic E-state index is -0.700. The van der Waals surface area contributed by atoms with Crippen molar-refractivity contribution in [1.29, 1.82) is 0 Å². The number of para-hydroxylation sites is 1. The highest BCUT2D eigenvalue weighted by molar-refractivity contribution is 5.77. The maximum Gasteiger partial charge on any atom is 0.378 e. The number of carbonyl (C=O) groups excluding carboxylic acids is 1. The average Bonchev–Trinajstić information content (AvgIpc) is 2.31. The van der Waals surface area contributed by atoms with Crippen LogP contribution in [0.3, 0.4) is 0 Å². The lowest BCUT2D eigenvalue weighted by atomic mass is 10.2. The molecule has 1 N–H and O–H groups in total. The molecule has 0 saturated carbocycles. The van der Waals surface area contributed by atoms with E-state index in [4.69, 9.17) is 9.52 Å². The maximum absolute atomic E-state index is 10.8. The minimum Gasteiger partial charge on any atom is -0.502 e. The summed E-state index contributed by atoms with van der Waals surface area (Å²) in [7, 11) is 0. The van der Waals surface area contributed by atoms with Crippen molar-refractivity contribution in [2.45, 2.75) is 13.8 Å². The van der Waals surface area contributed by atoms with Gasteiger partial charge in [0.15, 0.2) is 0 Å². The van der Waals surface area contributed by atoms with Crippen LogP contribution in [0, 0.1) is 0 Å². The zero-order valence-corrected chi connectivity index (χ0v) is 10.2. The van der Waals surface area contributed by atoms with E-state index in [2.05, 4.69) is 4.74 Å². The van der Waals surface area contributed by atoms with Crippen molar-refractivity contribution in [3.05, 3.63) is 40.8 Å². The van der Waals surface area contributed by atoms with Gasteiger partial charge in [0.2, 0.25) is 5.75 Å². The summed E-state index contributed by atoms with van der Waals surface area (Å²) in [6.45, 7) is 3.65. The molecule has 18 heavy (non-hydrogen) atoms. The average molecular weight is 250 g/mol. The molecule has 0 spiro atoms. The fraction of sp³-hybridized carbons (Fsp3) is 0.231. The Bertz CT molecular complexity index is 585. The summed E-state index contributed by atoms with van der Waals surface area (Å²) < 4.78 is 9.19. The normalized spacial score (nSPS) is 9.44. The van der Waals surface area contributed by atoms with E-state index >= 15 is 0 Å². The molecule has 0 bridgehead atoms. The number of aromatic hydroxyl groups is 1. The van der Waals surface area contributed by atoms with Gasteiger partial charge in [-0.15, -0.1) is 0 Å². The van der Waals surface area contributed by atoms with Gasteiger partial charge in [0, 0.05) is 12.3 Å². The van der Waals surface area contributed by atoms with E-state index in [1.807, 2.05) is 6.07 Å². The quantitative estimate of drug-likeness (QED) is 0.619. The molecule has 0 aliphatic carbocycles. The number of carbonyl (C=O) groups is 1. The fourth-order valence-corrected chi connectivity index (χ4v) is 1.25. The number of rotatable bonds is 1. The molecular weight excluding hydrogens is 236 g/mol. The molecule has 0 aliphatic rings. The second-order valence-electron chi connectivity index (χ2n) is 3.38. The number of benzene rings is 1. The van der Waals surface area contributed by atoms with Gasteiger partial charge in [-0.3, -0.25) is 4.79 Å². The SMILES string of the molecule is CCOC(C)=O.O=c1oc2ccccc2cc1O. The van der Waals surface area contributed by atoms with Gasteiger partial charge in [-0.05, 0) is 19.1 Å². The highest BCUT2D eigenvalue weighted by Gasteiger charge is 2.00. The molecule has 1 heterocycles. The lowest BCUT2D eigenvalue weighted by Gasteiger charge is -1.94. The van der Waals surface area contributed by atoms with Gasteiger partial charge < -0.3 is 14.3 Å². The van der Waals surface area contributed by atoms with E-state index in [0.29, 0.717) is 12.2 Å². The van der Waals surface area contributed by atoms with Crippen molar-refractivity contribution in [1.82, 2.24) is 0 Å². The monoisotopic (exact) mass is 250 g/mol. The van der Waals surface area contributed by atoms with E-state index in [1.54, 1.807) is 25.1 Å². The third-order valence-electron chi connectivity index (χ3n) is 1.97. The molecule has 0 radical (unpaired) electrons. The smallest absolute Gasteiger partial charge is 0.378 e. The van der Waals surface area contributed by atoms with Crippen LogP contribution in [0.2, 0.25) is 0 Å². The summed E-state index contributed by atoms with van der Waals surface area (Å²) in [6, 6.07) is 8.40. The van der Waals surface area contributed by atoms with Crippen LogP contribution in [-0.2, 0) is 9.53 Å². The third-order valence-corrected chi connectivity index (χ3v) is 1.97. The zero-order chi connectivity index (χ0) is 13.5. The Morgan fingerprint density at radius 1 is 1.39 bits per heavy atom. The second kappa shape index (κ2) is 6.44. The van der Waals surface area contributed by atoms with Crippen molar-refractivity contribution in [2.24, 2.45) is 0 Å². The maximum atomic E-state index is 10.8. The zero-order valence-electron chi connectivity index (χ0n) is 10.2. The number of esters is 1. The van der Waals surface area contributed by atoms with Gasteiger partial charge in [-0.1, -0.05) is 18.2 Å². The molecule has 1 aromatic carbocycles. The summed E-state index contributed by atoms with van der Waals surface area (Å²) in [6.07, 6.45) is 0. The Kier molecular flexibility index (Phi) is 4.92. The van der Waals surface area contributed by atoms with E-state index < -0.39 is 5.63 Å². The largest absolute Gasteiger partial charge is 0.502 e.